The van der Waals surface area contributed by atoms with Gasteiger partial charge in [0.1, 0.15) is 16.8 Å². The molecule has 1 aliphatic rings. The molecule has 98 valence electrons. The maximum atomic E-state index is 12.3. The zero-order chi connectivity index (χ0) is 13.5. The molecule has 1 aliphatic heterocycles. The SMILES string of the molecule is CC(C)(C)[S+]([O-])N1[C@H](C(=O)[O-])[C@@H]1c1ccccc1.[Li+]. The van der Waals surface area contributed by atoms with E-state index in [0.717, 1.165) is 5.56 Å². The molecule has 6 heteroatoms. The van der Waals surface area contributed by atoms with Crippen molar-refractivity contribution in [2.24, 2.45) is 0 Å². The third kappa shape index (κ3) is 3.36. The van der Waals surface area contributed by atoms with Crippen LogP contribution in [0, 0.1) is 0 Å². The Hall–Kier alpha value is -0.443. The number of benzene rings is 1. The van der Waals surface area contributed by atoms with Gasteiger partial charge in [0.05, 0.1) is 5.97 Å². The molecule has 0 saturated carbocycles. The van der Waals surface area contributed by atoms with Crippen LogP contribution in [0.3, 0.4) is 0 Å². The van der Waals surface area contributed by atoms with E-state index >= 15 is 0 Å². The number of carbonyl (C=O) groups excluding carboxylic acids is 1. The molecule has 1 saturated heterocycles. The average molecular weight is 273 g/mol. The minimum atomic E-state index is -1.35. The van der Waals surface area contributed by atoms with Gasteiger partial charge in [-0.2, -0.15) is 0 Å². The van der Waals surface area contributed by atoms with Gasteiger partial charge < -0.3 is 14.5 Å². The van der Waals surface area contributed by atoms with Gasteiger partial charge in [0.15, 0.2) is 0 Å². The minimum absolute atomic E-state index is 0. The molecule has 0 aliphatic carbocycles. The molecule has 1 aromatic carbocycles. The summed E-state index contributed by atoms with van der Waals surface area (Å²) in [6.07, 6.45) is 0. The fourth-order valence-electron chi connectivity index (χ4n) is 1.95. The summed E-state index contributed by atoms with van der Waals surface area (Å²) in [6.45, 7) is 5.49. The number of rotatable bonds is 3. The molecule has 4 nitrogen and oxygen atoms in total. The molecule has 0 bridgehead atoms. The summed E-state index contributed by atoms with van der Waals surface area (Å²) < 4.78 is 13.3. The van der Waals surface area contributed by atoms with Gasteiger partial charge in [-0.1, -0.05) is 30.3 Å². The van der Waals surface area contributed by atoms with Crippen LogP contribution in [-0.4, -0.2) is 25.6 Å². The van der Waals surface area contributed by atoms with Gasteiger partial charge in [-0.25, -0.2) is 0 Å². The quantitative estimate of drug-likeness (QED) is 0.351. The Labute approximate surface area is 128 Å². The molecular weight excluding hydrogens is 257 g/mol. The summed E-state index contributed by atoms with van der Waals surface area (Å²) in [6, 6.07) is 8.13. The van der Waals surface area contributed by atoms with Gasteiger partial charge in [-0.3, -0.25) is 0 Å². The van der Waals surface area contributed by atoms with Crippen LogP contribution in [0.1, 0.15) is 32.4 Å². The topological polar surface area (TPSA) is 66.2 Å². The standard InChI is InChI=1S/C13H17NO3S.Li/c1-13(2,3)18(17)14-10(11(14)12(15)16)9-7-5-4-6-8-9;/h4-8,10-11H,1-3H3,(H,15,16);/q;+1/p-1/t10-,11-,14?,18?;/m0./s1. The van der Waals surface area contributed by atoms with Crippen molar-refractivity contribution in [2.45, 2.75) is 37.6 Å². The van der Waals surface area contributed by atoms with Crippen molar-refractivity contribution in [3.8, 4) is 0 Å². The number of hydrogen-bond acceptors (Lipinski definition) is 4. The van der Waals surface area contributed by atoms with Crippen LogP contribution >= 0.6 is 0 Å². The average Bonchev–Trinajstić information content (AvgIpc) is 3.03. The first-order valence-corrected chi connectivity index (χ1v) is 6.91. The predicted molar refractivity (Wildman–Crippen MR) is 67.7 cm³/mol. The Balaban J connectivity index is 0.00000180. The van der Waals surface area contributed by atoms with E-state index in [1.807, 2.05) is 51.1 Å². The smallest absolute Gasteiger partial charge is 0.597 e. The van der Waals surface area contributed by atoms with Crippen molar-refractivity contribution in [2.75, 3.05) is 0 Å². The molecule has 2 rings (SSSR count). The van der Waals surface area contributed by atoms with E-state index in [4.69, 9.17) is 0 Å². The van der Waals surface area contributed by atoms with Crippen LogP contribution in [0.4, 0.5) is 0 Å². The Bertz CT molecular complexity index is 449. The number of carbonyl (C=O) groups is 1. The molecule has 1 heterocycles. The van der Waals surface area contributed by atoms with Crippen molar-refractivity contribution in [3.63, 3.8) is 0 Å². The number of carboxylic acids is 1. The molecule has 0 spiro atoms. The monoisotopic (exact) mass is 273 g/mol. The molecular formula is C13H16LiNO3S. The molecule has 1 fully saturated rings. The van der Waals surface area contributed by atoms with Crippen molar-refractivity contribution >= 4 is 17.3 Å². The Kier molecular flexibility index (Phi) is 5.16. The third-order valence-corrected chi connectivity index (χ3v) is 4.74. The van der Waals surface area contributed by atoms with Gasteiger partial charge in [-0.15, -0.1) is 4.31 Å². The van der Waals surface area contributed by atoms with Gasteiger partial charge in [-0.05, 0) is 26.3 Å². The number of nitrogens with zero attached hydrogens (tertiary/aromatic N) is 1. The van der Waals surface area contributed by atoms with Crippen molar-refractivity contribution in [1.82, 2.24) is 4.31 Å². The third-order valence-electron chi connectivity index (χ3n) is 2.86. The predicted octanol–water partition coefficient (Wildman–Crippen LogP) is -2.37. The first-order chi connectivity index (χ1) is 8.34. The van der Waals surface area contributed by atoms with Crippen molar-refractivity contribution < 1.29 is 33.3 Å². The van der Waals surface area contributed by atoms with Crippen LogP contribution < -0.4 is 24.0 Å². The zero-order valence-electron chi connectivity index (χ0n) is 11.6. The van der Waals surface area contributed by atoms with Crippen LogP contribution in [0.15, 0.2) is 30.3 Å². The van der Waals surface area contributed by atoms with E-state index in [1.54, 1.807) is 0 Å². The second kappa shape index (κ2) is 5.90. The molecule has 0 N–H and O–H groups in total. The van der Waals surface area contributed by atoms with Gasteiger partial charge in [0.2, 0.25) is 0 Å². The minimum Gasteiger partial charge on any atom is -0.597 e. The fraction of sp³-hybridized carbons (Fsp3) is 0.462. The molecule has 0 amide bonds. The summed E-state index contributed by atoms with van der Waals surface area (Å²) in [5.74, 6) is -1.17. The van der Waals surface area contributed by atoms with Gasteiger partial charge >= 0.3 is 18.9 Å². The zero-order valence-corrected chi connectivity index (χ0v) is 12.4. The summed E-state index contributed by atoms with van der Waals surface area (Å²) in [5.41, 5.74) is 0.865. The second-order valence-electron chi connectivity index (χ2n) is 5.34. The van der Waals surface area contributed by atoms with Gasteiger partial charge in [0.25, 0.3) is 0 Å². The largest absolute Gasteiger partial charge is 1.00 e. The number of hydrogen-bond donors (Lipinski definition) is 0. The van der Waals surface area contributed by atoms with Gasteiger partial charge in [0, 0.05) is 11.4 Å². The summed E-state index contributed by atoms with van der Waals surface area (Å²) in [4.78, 5) is 11.1. The maximum Gasteiger partial charge on any atom is 1.00 e. The van der Waals surface area contributed by atoms with E-state index in [-0.39, 0.29) is 24.9 Å². The first kappa shape index (κ1) is 16.6. The van der Waals surface area contributed by atoms with Crippen LogP contribution in [0.2, 0.25) is 0 Å². The molecule has 4 atom stereocenters. The number of carboxylic acid groups (broad SMARTS) is 1. The summed E-state index contributed by atoms with van der Waals surface area (Å²) >= 11 is -1.35. The van der Waals surface area contributed by atoms with Crippen LogP contribution in [0.5, 0.6) is 0 Å². The Morgan fingerprint density at radius 1 is 1.26 bits per heavy atom. The molecule has 1 aromatic rings. The van der Waals surface area contributed by atoms with Crippen molar-refractivity contribution in [1.29, 1.82) is 0 Å². The van der Waals surface area contributed by atoms with E-state index in [1.165, 1.54) is 4.31 Å². The molecule has 2 unspecified atom stereocenters. The molecule has 0 aromatic heterocycles. The van der Waals surface area contributed by atoms with E-state index in [0.29, 0.717) is 0 Å². The van der Waals surface area contributed by atoms with E-state index in [2.05, 4.69) is 0 Å². The fourth-order valence-corrected chi connectivity index (χ4v) is 3.38. The molecule has 0 radical (unpaired) electrons. The number of aliphatic carboxylic acids is 1. The van der Waals surface area contributed by atoms with Crippen LogP contribution in [-0.2, 0) is 16.2 Å². The van der Waals surface area contributed by atoms with E-state index < -0.39 is 28.1 Å². The normalized spacial score (nSPS) is 27.3. The second-order valence-corrected chi connectivity index (χ2v) is 7.49. The Morgan fingerprint density at radius 2 is 1.79 bits per heavy atom. The molecule has 19 heavy (non-hydrogen) atoms. The summed E-state index contributed by atoms with van der Waals surface area (Å²) in [5, 5.41) is 11.1. The first-order valence-electron chi connectivity index (χ1n) is 5.80. The summed E-state index contributed by atoms with van der Waals surface area (Å²) in [7, 11) is 0. The van der Waals surface area contributed by atoms with Crippen LogP contribution in [0.25, 0.3) is 0 Å². The Morgan fingerprint density at radius 3 is 2.21 bits per heavy atom. The van der Waals surface area contributed by atoms with Crippen molar-refractivity contribution in [3.05, 3.63) is 35.9 Å². The van der Waals surface area contributed by atoms with E-state index in [9.17, 15) is 14.5 Å². The maximum absolute atomic E-state index is 12.3.